The molecule has 41 heavy (non-hydrogen) atoms. The lowest BCUT2D eigenvalue weighted by molar-refractivity contribution is -0.143. The fourth-order valence-electron chi connectivity index (χ4n) is 6.52. The highest BCUT2D eigenvalue weighted by atomic mass is 32.1. The molecule has 0 radical (unpaired) electrons. The number of hydrogen-bond acceptors (Lipinski definition) is 3. The number of methoxy groups -OCH3 is 1. The van der Waals surface area contributed by atoms with E-state index in [-0.39, 0.29) is 23.1 Å². The zero-order valence-corrected chi connectivity index (χ0v) is 23.0. The number of halogens is 6. The summed E-state index contributed by atoms with van der Waals surface area (Å²) in [5, 5.41) is 6.64. The molecule has 6 rings (SSSR count). The number of hydrogen-bond donors (Lipinski definition) is 2. The van der Waals surface area contributed by atoms with Crippen molar-refractivity contribution >= 4 is 33.9 Å². The van der Waals surface area contributed by atoms with Gasteiger partial charge in [-0.25, -0.2) is 0 Å². The number of pyridine rings is 1. The smallest absolute Gasteiger partial charge is 0.416 e. The normalized spacial score (nSPS) is 23.2. The quantitative estimate of drug-likeness (QED) is 0.170. The van der Waals surface area contributed by atoms with Crippen LogP contribution in [0.4, 0.5) is 32.0 Å². The maximum atomic E-state index is 13.4. The number of aromatic nitrogens is 1. The van der Waals surface area contributed by atoms with Crippen LogP contribution in [0.2, 0.25) is 0 Å². The highest BCUT2D eigenvalue weighted by molar-refractivity contribution is 7.80. The van der Waals surface area contributed by atoms with E-state index in [2.05, 4.69) is 22.2 Å². The van der Waals surface area contributed by atoms with Gasteiger partial charge in [-0.05, 0) is 110 Å². The summed E-state index contributed by atoms with van der Waals surface area (Å²) >= 11 is 5.52. The fourth-order valence-corrected chi connectivity index (χ4v) is 6.76. The zero-order valence-electron chi connectivity index (χ0n) is 22.1. The van der Waals surface area contributed by atoms with Crippen molar-refractivity contribution < 1.29 is 31.1 Å². The molecule has 3 aliphatic rings. The summed E-state index contributed by atoms with van der Waals surface area (Å²) in [7, 11) is 1.56. The SMILES string of the molecule is C=CC1CC2CCC1CC2[C@@H](NC(=S)Nc1cc(C(F)(F)F)cc(C(F)(F)F)c1)c1ccnc2ccc(OC)cc12. The molecule has 3 aliphatic carbocycles. The van der Waals surface area contributed by atoms with Gasteiger partial charge in [0.15, 0.2) is 5.11 Å². The van der Waals surface area contributed by atoms with E-state index in [1.165, 1.54) is 0 Å². The van der Waals surface area contributed by atoms with Crippen molar-refractivity contribution in [2.24, 2.45) is 23.7 Å². The Balaban J connectivity index is 1.51. The van der Waals surface area contributed by atoms with Crippen LogP contribution in [0.25, 0.3) is 10.9 Å². The highest BCUT2D eigenvalue weighted by Crippen LogP contribution is 2.53. The van der Waals surface area contributed by atoms with Gasteiger partial charge >= 0.3 is 12.4 Å². The number of ether oxygens (including phenoxy) is 1. The third-order valence-electron chi connectivity index (χ3n) is 8.45. The fraction of sp³-hybridized carbons (Fsp3) is 0.400. The number of benzene rings is 2. The first kappa shape index (κ1) is 29.2. The van der Waals surface area contributed by atoms with Crippen molar-refractivity contribution in [3.8, 4) is 5.75 Å². The number of rotatable bonds is 6. The number of nitrogens with zero attached hydrogens (tertiary/aromatic N) is 1. The van der Waals surface area contributed by atoms with Crippen LogP contribution in [0, 0.1) is 23.7 Å². The standard InChI is InChI=1S/C30H29F6N3OS/c1-3-16-10-18-5-4-17(16)11-24(18)27(23-8-9-37-26-7-6-22(40-2)15-25(23)26)39-28(41)38-21-13-19(29(31,32)33)12-20(14-21)30(34,35)36/h3,6-9,12-18,24,27H,1,4-5,10-11H2,2H3,(H2,38,39,41)/t16?,17?,18?,24?,27-/m0/s1. The molecule has 0 spiro atoms. The van der Waals surface area contributed by atoms with Crippen LogP contribution >= 0.6 is 12.2 Å². The minimum Gasteiger partial charge on any atom is -0.497 e. The third kappa shape index (κ3) is 6.14. The zero-order chi connectivity index (χ0) is 29.5. The van der Waals surface area contributed by atoms with Gasteiger partial charge in [0.1, 0.15) is 5.75 Å². The number of thiocarbonyl (C=S) groups is 1. The number of anilines is 1. The first-order valence-corrected chi connectivity index (χ1v) is 13.7. The van der Waals surface area contributed by atoms with Crippen molar-refractivity contribution in [3.05, 3.63) is 78.0 Å². The minimum atomic E-state index is -4.96. The van der Waals surface area contributed by atoms with Gasteiger partial charge in [-0.3, -0.25) is 4.98 Å². The van der Waals surface area contributed by atoms with Crippen molar-refractivity contribution in [2.45, 2.75) is 44.1 Å². The Kier molecular flexibility index (Phi) is 7.93. The van der Waals surface area contributed by atoms with Crippen LogP contribution in [-0.2, 0) is 12.4 Å². The average Bonchev–Trinajstić information content (AvgIpc) is 2.94. The maximum absolute atomic E-state index is 13.4. The van der Waals surface area contributed by atoms with Crippen LogP contribution in [0.15, 0.2) is 61.3 Å². The van der Waals surface area contributed by atoms with Crippen LogP contribution in [0.1, 0.15) is 48.4 Å². The van der Waals surface area contributed by atoms with E-state index in [1.807, 2.05) is 24.3 Å². The van der Waals surface area contributed by atoms with Gasteiger partial charge in [0.25, 0.3) is 0 Å². The summed E-state index contributed by atoms with van der Waals surface area (Å²) in [4.78, 5) is 4.47. The average molecular weight is 594 g/mol. The lowest BCUT2D eigenvalue weighted by atomic mass is 9.57. The molecule has 4 nitrogen and oxygen atoms in total. The number of fused-ring (bicyclic) bond motifs is 4. The summed E-state index contributed by atoms with van der Waals surface area (Å²) in [6.45, 7) is 4.01. The molecule has 2 bridgehead atoms. The van der Waals surface area contributed by atoms with E-state index in [0.717, 1.165) is 42.1 Å². The second kappa shape index (κ2) is 11.2. The Hall–Kier alpha value is -3.34. The molecule has 218 valence electrons. The van der Waals surface area contributed by atoms with Gasteiger partial charge in [-0.15, -0.1) is 6.58 Å². The van der Waals surface area contributed by atoms with Crippen LogP contribution in [0.3, 0.4) is 0 Å². The molecule has 3 fully saturated rings. The lowest BCUT2D eigenvalue weighted by Gasteiger charge is -2.49. The summed E-state index contributed by atoms with van der Waals surface area (Å²) < 4.78 is 86.1. The monoisotopic (exact) mass is 593 g/mol. The Morgan fingerprint density at radius 1 is 1.00 bits per heavy atom. The van der Waals surface area contributed by atoms with Crippen molar-refractivity contribution in [1.29, 1.82) is 0 Å². The van der Waals surface area contributed by atoms with Gasteiger partial charge in [0, 0.05) is 17.3 Å². The molecule has 1 heterocycles. The summed E-state index contributed by atoms with van der Waals surface area (Å²) in [5.74, 6) is 1.94. The highest BCUT2D eigenvalue weighted by Gasteiger charge is 2.44. The van der Waals surface area contributed by atoms with Crippen LogP contribution in [-0.4, -0.2) is 17.2 Å². The van der Waals surface area contributed by atoms with E-state index < -0.39 is 29.2 Å². The second-order valence-electron chi connectivity index (χ2n) is 10.8. The van der Waals surface area contributed by atoms with Gasteiger partial charge in [0.2, 0.25) is 0 Å². The Bertz CT molecular complexity index is 1420. The summed E-state index contributed by atoms with van der Waals surface area (Å²) in [5.41, 5.74) is -1.62. The van der Waals surface area contributed by atoms with Crippen molar-refractivity contribution in [3.63, 3.8) is 0 Å². The maximum Gasteiger partial charge on any atom is 0.416 e. The Morgan fingerprint density at radius 3 is 2.27 bits per heavy atom. The van der Waals surface area contributed by atoms with Crippen molar-refractivity contribution in [2.75, 3.05) is 12.4 Å². The molecule has 3 aromatic rings. The molecule has 0 amide bonds. The molecular formula is C30H29F6N3OS. The molecule has 0 aliphatic heterocycles. The predicted molar refractivity (Wildman–Crippen MR) is 149 cm³/mol. The lowest BCUT2D eigenvalue weighted by Crippen LogP contribution is -2.45. The second-order valence-corrected chi connectivity index (χ2v) is 11.2. The van der Waals surface area contributed by atoms with Gasteiger partial charge < -0.3 is 15.4 Å². The van der Waals surface area contributed by atoms with E-state index in [4.69, 9.17) is 17.0 Å². The van der Waals surface area contributed by atoms with Crippen LogP contribution < -0.4 is 15.4 Å². The molecule has 4 unspecified atom stereocenters. The topological polar surface area (TPSA) is 46.2 Å². The number of nitrogens with one attached hydrogen (secondary N) is 2. The van der Waals surface area contributed by atoms with E-state index in [0.29, 0.717) is 35.6 Å². The molecule has 3 saturated carbocycles. The first-order chi connectivity index (χ1) is 19.4. The summed E-state index contributed by atoms with van der Waals surface area (Å²) in [6.07, 6.45) is -2.27. The molecular weight excluding hydrogens is 564 g/mol. The molecule has 11 heteroatoms. The van der Waals surface area contributed by atoms with Crippen LogP contribution in [0.5, 0.6) is 5.75 Å². The number of alkyl halides is 6. The number of allylic oxidation sites excluding steroid dienone is 1. The molecule has 5 atom stereocenters. The van der Waals surface area contributed by atoms with Crippen molar-refractivity contribution in [1.82, 2.24) is 10.3 Å². The van der Waals surface area contributed by atoms with Gasteiger partial charge in [0.05, 0.1) is 29.8 Å². The third-order valence-corrected chi connectivity index (χ3v) is 8.67. The molecule has 1 aromatic heterocycles. The largest absolute Gasteiger partial charge is 0.497 e. The summed E-state index contributed by atoms with van der Waals surface area (Å²) in [6, 6.07) is 8.36. The van der Waals surface area contributed by atoms with E-state index in [1.54, 1.807) is 19.4 Å². The van der Waals surface area contributed by atoms with E-state index in [9.17, 15) is 26.3 Å². The predicted octanol–water partition coefficient (Wildman–Crippen LogP) is 8.55. The van der Waals surface area contributed by atoms with E-state index >= 15 is 0 Å². The minimum absolute atomic E-state index is 0.0722. The Morgan fingerprint density at radius 2 is 1.68 bits per heavy atom. The Labute approximate surface area is 239 Å². The molecule has 0 saturated heterocycles. The first-order valence-electron chi connectivity index (χ1n) is 13.3. The molecule has 2 N–H and O–H groups in total. The van der Waals surface area contributed by atoms with Gasteiger partial charge in [-0.1, -0.05) is 6.08 Å². The van der Waals surface area contributed by atoms with Gasteiger partial charge in [-0.2, -0.15) is 26.3 Å². The molecule has 2 aromatic carbocycles.